The molecule has 4 rings (SSSR count). The van der Waals surface area contributed by atoms with Crippen molar-refractivity contribution in [1.29, 1.82) is 0 Å². The van der Waals surface area contributed by atoms with Gasteiger partial charge in [-0.05, 0) is 77.1 Å². The number of halogens is 1. The Labute approximate surface area is 253 Å². The molecule has 10 heteroatoms. The lowest BCUT2D eigenvalue weighted by Gasteiger charge is -2.49. The number of amides is 3. The van der Waals surface area contributed by atoms with Crippen LogP contribution < -0.4 is 0 Å². The molecular weight excluding hydrogens is 558 g/mol. The largest absolute Gasteiger partial charge is 0.444 e. The van der Waals surface area contributed by atoms with Crippen LogP contribution in [0.4, 0.5) is 9.59 Å². The number of likely N-dealkylation sites (N-methyl/N-ethyl adjacent to an activating group) is 1. The van der Waals surface area contributed by atoms with Crippen molar-refractivity contribution >= 4 is 29.7 Å². The number of rotatable bonds is 6. The summed E-state index contributed by atoms with van der Waals surface area (Å²) in [6, 6.07) is 16.0. The highest BCUT2D eigenvalue weighted by Crippen LogP contribution is 2.35. The number of benzene rings is 2. The summed E-state index contributed by atoms with van der Waals surface area (Å²) in [6.45, 7) is 9.91. The highest BCUT2D eigenvalue weighted by atomic mass is 35.5. The number of likely N-dealkylation sites (tertiary alicyclic amines) is 1. The van der Waals surface area contributed by atoms with Crippen molar-refractivity contribution in [3.63, 3.8) is 0 Å². The molecule has 2 aromatic rings. The van der Waals surface area contributed by atoms with Crippen LogP contribution in [0.2, 0.25) is 5.02 Å². The number of ether oxygens (including phenoxy) is 3. The maximum absolute atomic E-state index is 14.3. The van der Waals surface area contributed by atoms with Crippen molar-refractivity contribution in [2.24, 2.45) is 0 Å². The molecule has 228 valence electrons. The quantitative estimate of drug-likeness (QED) is 0.412. The second-order valence-electron chi connectivity index (χ2n) is 12.6. The normalized spacial score (nSPS) is 22.0. The molecule has 2 aliphatic rings. The standard InChI is InChI=1S/C32H42ClN3O6/c1-30(2,3)42-28(38)35-18-10-17-32(22-35,19-23-13-15-25(33)16-14-23)34(6)27(37)26-21-41-31(4,5)36(26)29(39)40-20-24-11-8-7-9-12-24/h7-9,11-16,26H,10,17-22H2,1-6H3/t26-,32+/m0/s1. The molecule has 2 fully saturated rings. The van der Waals surface area contributed by atoms with Crippen molar-refractivity contribution in [2.75, 3.05) is 26.7 Å². The van der Waals surface area contributed by atoms with E-state index in [1.165, 1.54) is 4.90 Å². The maximum Gasteiger partial charge on any atom is 0.413 e. The Balaban J connectivity index is 1.60. The van der Waals surface area contributed by atoms with Crippen LogP contribution in [-0.2, 0) is 32.0 Å². The van der Waals surface area contributed by atoms with Gasteiger partial charge < -0.3 is 24.0 Å². The Hall–Kier alpha value is -3.30. The van der Waals surface area contributed by atoms with Gasteiger partial charge in [-0.3, -0.25) is 9.69 Å². The zero-order valence-electron chi connectivity index (χ0n) is 25.4. The lowest BCUT2D eigenvalue weighted by Crippen LogP contribution is -2.64. The molecule has 2 saturated heterocycles. The molecule has 9 nitrogen and oxygen atoms in total. The van der Waals surface area contributed by atoms with E-state index in [1.54, 1.807) is 30.7 Å². The Kier molecular flexibility index (Phi) is 9.42. The second-order valence-corrected chi connectivity index (χ2v) is 13.1. The number of carbonyl (C=O) groups excluding carboxylic acids is 3. The predicted molar refractivity (Wildman–Crippen MR) is 160 cm³/mol. The average molecular weight is 600 g/mol. The fourth-order valence-electron chi connectivity index (χ4n) is 5.69. The number of hydrogen-bond donors (Lipinski definition) is 0. The first-order valence-corrected chi connectivity index (χ1v) is 14.7. The van der Waals surface area contributed by atoms with Gasteiger partial charge >= 0.3 is 12.2 Å². The molecule has 0 unspecified atom stereocenters. The van der Waals surface area contributed by atoms with Crippen molar-refractivity contribution in [2.45, 2.75) is 83.4 Å². The fraction of sp³-hybridized carbons (Fsp3) is 0.531. The van der Waals surface area contributed by atoms with Crippen molar-refractivity contribution in [1.82, 2.24) is 14.7 Å². The van der Waals surface area contributed by atoms with Gasteiger partial charge in [0.25, 0.3) is 0 Å². The lowest BCUT2D eigenvalue weighted by atomic mass is 9.81. The van der Waals surface area contributed by atoms with Crippen molar-refractivity contribution < 1.29 is 28.6 Å². The molecule has 0 radical (unpaired) electrons. The SMILES string of the molecule is CN(C(=O)[C@@H]1COC(C)(C)N1C(=O)OCc1ccccc1)[C@@]1(Cc2ccc(Cl)cc2)CCCN(C(=O)OC(C)(C)C)C1. The zero-order valence-corrected chi connectivity index (χ0v) is 26.1. The first-order chi connectivity index (χ1) is 19.7. The summed E-state index contributed by atoms with van der Waals surface area (Å²) in [5, 5.41) is 0.617. The zero-order chi connectivity index (χ0) is 30.7. The van der Waals surface area contributed by atoms with Gasteiger partial charge in [-0.15, -0.1) is 0 Å². The summed E-state index contributed by atoms with van der Waals surface area (Å²) in [7, 11) is 1.75. The van der Waals surface area contributed by atoms with E-state index in [4.69, 9.17) is 25.8 Å². The minimum atomic E-state index is -1.05. The van der Waals surface area contributed by atoms with Gasteiger partial charge in [-0.25, -0.2) is 9.59 Å². The Morgan fingerprint density at radius 3 is 2.33 bits per heavy atom. The summed E-state index contributed by atoms with van der Waals surface area (Å²) in [5.74, 6) is -0.280. The Morgan fingerprint density at radius 2 is 1.69 bits per heavy atom. The van der Waals surface area contributed by atoms with Crippen LogP contribution in [0, 0.1) is 0 Å². The summed E-state index contributed by atoms with van der Waals surface area (Å²) in [5.41, 5.74) is -0.634. The molecule has 0 N–H and O–H groups in total. The Morgan fingerprint density at radius 1 is 1.02 bits per heavy atom. The summed E-state index contributed by atoms with van der Waals surface area (Å²) < 4.78 is 17.3. The van der Waals surface area contributed by atoms with Gasteiger partial charge in [0, 0.05) is 25.2 Å². The van der Waals surface area contributed by atoms with Gasteiger partial charge in [-0.1, -0.05) is 54.1 Å². The van der Waals surface area contributed by atoms with Gasteiger partial charge in [0.15, 0.2) is 0 Å². The highest BCUT2D eigenvalue weighted by Gasteiger charge is 2.52. The van der Waals surface area contributed by atoms with E-state index in [-0.39, 0.29) is 25.7 Å². The van der Waals surface area contributed by atoms with E-state index in [0.29, 0.717) is 30.8 Å². The third-order valence-electron chi connectivity index (χ3n) is 7.87. The van der Waals surface area contributed by atoms with E-state index >= 15 is 0 Å². The van der Waals surface area contributed by atoms with Crippen LogP contribution >= 0.6 is 11.6 Å². The minimum absolute atomic E-state index is 0.0312. The lowest BCUT2D eigenvalue weighted by molar-refractivity contribution is -0.143. The summed E-state index contributed by atoms with van der Waals surface area (Å²) >= 11 is 6.15. The van der Waals surface area contributed by atoms with E-state index < -0.39 is 35.1 Å². The molecule has 0 spiro atoms. The van der Waals surface area contributed by atoms with Crippen LogP contribution in [0.25, 0.3) is 0 Å². The molecule has 3 amide bonds. The monoisotopic (exact) mass is 599 g/mol. The molecule has 0 aromatic heterocycles. The van der Waals surface area contributed by atoms with Crippen LogP contribution in [0.5, 0.6) is 0 Å². The van der Waals surface area contributed by atoms with Gasteiger partial charge in [0.05, 0.1) is 12.1 Å². The van der Waals surface area contributed by atoms with Gasteiger partial charge in [0.1, 0.15) is 24.0 Å². The fourth-order valence-corrected chi connectivity index (χ4v) is 5.82. The number of nitrogens with zero attached hydrogens (tertiary/aromatic N) is 3. The van der Waals surface area contributed by atoms with Gasteiger partial charge in [-0.2, -0.15) is 0 Å². The van der Waals surface area contributed by atoms with E-state index in [9.17, 15) is 14.4 Å². The van der Waals surface area contributed by atoms with Crippen molar-refractivity contribution in [3.05, 3.63) is 70.7 Å². The van der Waals surface area contributed by atoms with Crippen LogP contribution in [0.15, 0.2) is 54.6 Å². The average Bonchev–Trinajstić information content (AvgIpc) is 3.26. The molecule has 42 heavy (non-hydrogen) atoms. The van der Waals surface area contributed by atoms with E-state index in [0.717, 1.165) is 11.1 Å². The summed E-state index contributed by atoms with van der Waals surface area (Å²) in [4.78, 5) is 45.6. The molecule has 2 heterocycles. The van der Waals surface area contributed by atoms with Crippen LogP contribution in [0.1, 0.15) is 58.6 Å². The Bertz CT molecular complexity index is 1260. The third kappa shape index (κ3) is 7.36. The second kappa shape index (κ2) is 12.5. The smallest absolute Gasteiger partial charge is 0.413 e. The molecule has 2 aromatic carbocycles. The number of carbonyl (C=O) groups is 3. The van der Waals surface area contributed by atoms with Crippen LogP contribution in [0.3, 0.4) is 0 Å². The first-order valence-electron chi connectivity index (χ1n) is 14.3. The molecule has 2 aliphatic heterocycles. The van der Waals surface area contributed by atoms with E-state index in [2.05, 4.69) is 0 Å². The molecule has 0 aliphatic carbocycles. The number of piperidine rings is 1. The van der Waals surface area contributed by atoms with Gasteiger partial charge in [0.2, 0.25) is 5.91 Å². The van der Waals surface area contributed by atoms with Crippen molar-refractivity contribution in [3.8, 4) is 0 Å². The third-order valence-corrected chi connectivity index (χ3v) is 8.12. The molecular formula is C32H42ClN3O6. The highest BCUT2D eigenvalue weighted by molar-refractivity contribution is 6.30. The van der Waals surface area contributed by atoms with E-state index in [1.807, 2.05) is 75.4 Å². The predicted octanol–water partition coefficient (Wildman–Crippen LogP) is 5.88. The maximum atomic E-state index is 14.3. The molecule has 0 saturated carbocycles. The van der Waals surface area contributed by atoms with Crippen LogP contribution in [-0.4, -0.2) is 82.4 Å². The topological polar surface area (TPSA) is 88.6 Å². The number of hydrogen-bond acceptors (Lipinski definition) is 6. The summed E-state index contributed by atoms with van der Waals surface area (Å²) in [6.07, 6.45) is 0.784. The first kappa shape index (κ1) is 31.6. The molecule has 0 bridgehead atoms. The molecule has 2 atom stereocenters. The minimum Gasteiger partial charge on any atom is -0.444 e.